The molecule has 2 heterocycles. The van der Waals surface area contributed by atoms with E-state index in [-0.39, 0.29) is 32.0 Å². The highest BCUT2D eigenvalue weighted by atomic mass is 32.2. The molecule has 0 spiro atoms. The fraction of sp³-hybridized carbons (Fsp3) is 0.174. The molecule has 1 aromatic heterocycles. The first kappa shape index (κ1) is 22.8. The molecule has 1 amide bonds. The van der Waals surface area contributed by atoms with Crippen molar-refractivity contribution in [1.82, 2.24) is 4.31 Å². The molecule has 172 valence electrons. The van der Waals surface area contributed by atoms with Crippen molar-refractivity contribution in [2.45, 2.75) is 4.90 Å². The summed E-state index contributed by atoms with van der Waals surface area (Å²) in [6.07, 6.45) is 2.55. The van der Waals surface area contributed by atoms with Crippen LogP contribution >= 0.6 is 0 Å². The Kier molecular flexibility index (Phi) is 6.68. The van der Waals surface area contributed by atoms with E-state index in [0.717, 1.165) is 16.4 Å². The van der Waals surface area contributed by atoms with Gasteiger partial charge >= 0.3 is 0 Å². The summed E-state index contributed by atoms with van der Waals surface area (Å²) in [4.78, 5) is 11.8. The fourth-order valence-electron chi connectivity index (χ4n) is 3.29. The Labute approximate surface area is 189 Å². The Morgan fingerprint density at radius 3 is 2.52 bits per heavy atom. The SMILES string of the molecule is O=C(/C=C/c1ccc(-c2ccccc2F)o1)Nc1ccc(F)c(S(=O)(=O)N2CCOCC2)c1. The minimum atomic E-state index is -4.07. The molecule has 7 nitrogen and oxygen atoms in total. The number of rotatable bonds is 6. The van der Waals surface area contributed by atoms with Gasteiger partial charge in [0.2, 0.25) is 15.9 Å². The number of hydrogen-bond acceptors (Lipinski definition) is 5. The van der Waals surface area contributed by atoms with E-state index in [1.807, 2.05) is 0 Å². The van der Waals surface area contributed by atoms with Gasteiger partial charge < -0.3 is 14.5 Å². The van der Waals surface area contributed by atoms with E-state index < -0.39 is 32.5 Å². The van der Waals surface area contributed by atoms with Crippen molar-refractivity contribution in [2.24, 2.45) is 0 Å². The van der Waals surface area contributed by atoms with E-state index in [4.69, 9.17) is 9.15 Å². The van der Waals surface area contributed by atoms with Crippen LogP contribution in [0, 0.1) is 11.6 Å². The van der Waals surface area contributed by atoms with Crippen molar-refractivity contribution in [3.8, 4) is 11.3 Å². The lowest BCUT2D eigenvalue weighted by molar-refractivity contribution is -0.111. The molecule has 33 heavy (non-hydrogen) atoms. The first-order chi connectivity index (χ1) is 15.8. The maximum Gasteiger partial charge on any atom is 0.248 e. The highest BCUT2D eigenvalue weighted by Gasteiger charge is 2.29. The van der Waals surface area contributed by atoms with Crippen molar-refractivity contribution >= 4 is 27.7 Å². The van der Waals surface area contributed by atoms with Gasteiger partial charge in [0.15, 0.2) is 0 Å². The normalized spacial score (nSPS) is 15.1. The first-order valence-electron chi connectivity index (χ1n) is 10.1. The lowest BCUT2D eigenvalue weighted by Crippen LogP contribution is -2.40. The Hall–Kier alpha value is -3.34. The number of benzene rings is 2. The molecule has 0 aliphatic carbocycles. The molecule has 1 saturated heterocycles. The van der Waals surface area contributed by atoms with Crippen molar-refractivity contribution in [2.75, 3.05) is 31.6 Å². The largest absolute Gasteiger partial charge is 0.457 e. The molecular formula is C23H20F2N2O5S. The number of nitrogens with one attached hydrogen (secondary N) is 1. The van der Waals surface area contributed by atoms with Gasteiger partial charge in [0.1, 0.15) is 28.1 Å². The second kappa shape index (κ2) is 9.65. The third kappa shape index (κ3) is 5.19. The van der Waals surface area contributed by atoms with Crippen LogP contribution in [0.3, 0.4) is 0 Å². The lowest BCUT2D eigenvalue weighted by Gasteiger charge is -2.26. The van der Waals surface area contributed by atoms with Gasteiger partial charge in [0, 0.05) is 24.9 Å². The van der Waals surface area contributed by atoms with E-state index in [0.29, 0.717) is 17.1 Å². The second-order valence-corrected chi connectivity index (χ2v) is 9.07. The van der Waals surface area contributed by atoms with Crippen LogP contribution in [0.15, 0.2) is 70.0 Å². The Bertz CT molecular complexity index is 1300. The Morgan fingerprint density at radius 2 is 1.76 bits per heavy atom. The smallest absolute Gasteiger partial charge is 0.248 e. The number of amides is 1. The van der Waals surface area contributed by atoms with Crippen molar-refractivity contribution < 1.29 is 31.1 Å². The van der Waals surface area contributed by atoms with Crippen LogP contribution in [0.5, 0.6) is 0 Å². The highest BCUT2D eigenvalue weighted by molar-refractivity contribution is 7.89. The standard InChI is InChI=1S/C23H20F2N2O5S/c24-19-4-2-1-3-18(19)21-9-6-17(32-21)7-10-23(28)26-16-5-8-20(25)22(15-16)33(29,30)27-11-13-31-14-12-27/h1-10,15H,11-14H2,(H,26,28)/b10-7+. The predicted molar refractivity (Wildman–Crippen MR) is 118 cm³/mol. The van der Waals surface area contributed by atoms with Crippen LogP contribution in [0.25, 0.3) is 17.4 Å². The van der Waals surface area contributed by atoms with Gasteiger partial charge in [0.25, 0.3) is 0 Å². The molecule has 1 aliphatic heterocycles. The lowest BCUT2D eigenvalue weighted by atomic mass is 10.1. The number of carbonyl (C=O) groups is 1. The fourth-order valence-corrected chi connectivity index (χ4v) is 4.79. The molecule has 0 atom stereocenters. The summed E-state index contributed by atoms with van der Waals surface area (Å²) < 4.78 is 65.5. The molecule has 4 rings (SSSR count). The molecule has 0 bridgehead atoms. The number of ether oxygens (including phenoxy) is 1. The van der Waals surface area contributed by atoms with Crippen molar-refractivity contribution in [1.29, 1.82) is 0 Å². The van der Waals surface area contributed by atoms with Gasteiger partial charge in [-0.2, -0.15) is 4.31 Å². The summed E-state index contributed by atoms with van der Waals surface area (Å²) >= 11 is 0. The van der Waals surface area contributed by atoms with Gasteiger partial charge in [-0.05, 0) is 48.5 Å². The summed E-state index contributed by atoms with van der Waals surface area (Å²) in [5.74, 6) is -1.30. The number of nitrogens with zero attached hydrogens (tertiary/aromatic N) is 1. The molecule has 1 aliphatic rings. The number of anilines is 1. The molecule has 1 N–H and O–H groups in total. The molecule has 2 aromatic carbocycles. The van der Waals surface area contributed by atoms with Gasteiger partial charge in [-0.3, -0.25) is 4.79 Å². The zero-order valence-corrected chi connectivity index (χ0v) is 18.1. The topological polar surface area (TPSA) is 88.8 Å². The summed E-state index contributed by atoms with van der Waals surface area (Å²) in [6.45, 7) is 0.708. The summed E-state index contributed by atoms with van der Waals surface area (Å²) in [6, 6.07) is 12.6. The van der Waals surface area contributed by atoms with Crippen LogP contribution in [0.2, 0.25) is 0 Å². The number of morpholine rings is 1. The maximum absolute atomic E-state index is 14.3. The minimum Gasteiger partial charge on any atom is -0.457 e. The summed E-state index contributed by atoms with van der Waals surface area (Å²) in [7, 11) is -4.07. The molecular weight excluding hydrogens is 454 g/mol. The average molecular weight is 474 g/mol. The molecule has 0 radical (unpaired) electrons. The second-order valence-electron chi connectivity index (χ2n) is 7.17. The van der Waals surface area contributed by atoms with Gasteiger partial charge in [0.05, 0.1) is 18.8 Å². The average Bonchev–Trinajstić information content (AvgIpc) is 3.28. The predicted octanol–water partition coefficient (Wildman–Crippen LogP) is 3.90. The Balaban J connectivity index is 1.46. The van der Waals surface area contributed by atoms with Gasteiger partial charge in [-0.25, -0.2) is 17.2 Å². The Morgan fingerprint density at radius 1 is 1.00 bits per heavy atom. The third-order valence-electron chi connectivity index (χ3n) is 4.95. The first-order valence-corrected chi connectivity index (χ1v) is 11.5. The number of halogens is 2. The number of carbonyl (C=O) groups excluding carboxylic acids is 1. The van der Waals surface area contributed by atoms with Crippen LogP contribution in [-0.4, -0.2) is 44.9 Å². The quantitative estimate of drug-likeness (QED) is 0.548. The molecule has 0 unspecified atom stereocenters. The summed E-state index contributed by atoms with van der Waals surface area (Å²) in [5.41, 5.74) is 0.409. The summed E-state index contributed by atoms with van der Waals surface area (Å²) in [5, 5.41) is 2.50. The number of furan rings is 1. The van der Waals surface area contributed by atoms with Gasteiger partial charge in [-0.15, -0.1) is 0 Å². The van der Waals surface area contributed by atoms with E-state index >= 15 is 0 Å². The monoisotopic (exact) mass is 474 g/mol. The zero-order valence-electron chi connectivity index (χ0n) is 17.3. The van der Waals surface area contributed by atoms with Crippen molar-refractivity contribution in [3.05, 3.63) is 78.1 Å². The van der Waals surface area contributed by atoms with Crippen LogP contribution in [0.4, 0.5) is 14.5 Å². The molecule has 0 saturated carbocycles. The zero-order chi connectivity index (χ0) is 23.4. The molecule has 1 fully saturated rings. The van der Waals surface area contributed by atoms with E-state index in [1.165, 1.54) is 24.3 Å². The van der Waals surface area contributed by atoms with Crippen molar-refractivity contribution in [3.63, 3.8) is 0 Å². The molecule has 3 aromatic rings. The van der Waals surface area contributed by atoms with Gasteiger partial charge in [-0.1, -0.05) is 12.1 Å². The molecule has 10 heteroatoms. The third-order valence-corrected chi connectivity index (χ3v) is 6.87. The van der Waals surface area contributed by atoms with E-state index in [9.17, 15) is 22.0 Å². The van der Waals surface area contributed by atoms with Crippen LogP contribution in [0.1, 0.15) is 5.76 Å². The number of sulfonamides is 1. The number of hydrogen-bond donors (Lipinski definition) is 1. The highest BCUT2D eigenvalue weighted by Crippen LogP contribution is 2.26. The minimum absolute atomic E-state index is 0.115. The van der Waals surface area contributed by atoms with E-state index in [2.05, 4.69) is 5.32 Å². The van der Waals surface area contributed by atoms with Crippen LogP contribution in [-0.2, 0) is 19.6 Å². The van der Waals surface area contributed by atoms with E-state index in [1.54, 1.807) is 30.3 Å². The van der Waals surface area contributed by atoms with Crippen LogP contribution < -0.4 is 5.32 Å². The maximum atomic E-state index is 14.3.